The zero-order chi connectivity index (χ0) is 24.1. The maximum atomic E-state index is 13.6. The maximum absolute atomic E-state index is 13.6. The Morgan fingerprint density at radius 2 is 1.82 bits per heavy atom. The molecule has 1 heterocycles. The van der Waals surface area contributed by atoms with Crippen molar-refractivity contribution in [2.45, 2.75) is 38.9 Å². The number of nitrogens with one attached hydrogen (secondary N) is 1. The van der Waals surface area contributed by atoms with Crippen LogP contribution in [0.1, 0.15) is 40.9 Å². The van der Waals surface area contributed by atoms with Crippen molar-refractivity contribution in [1.29, 1.82) is 0 Å². The van der Waals surface area contributed by atoms with Gasteiger partial charge in [0, 0.05) is 30.6 Å². The van der Waals surface area contributed by atoms with Gasteiger partial charge in [-0.25, -0.2) is 0 Å². The Kier molecular flexibility index (Phi) is 6.87. The molecule has 1 unspecified atom stereocenters. The maximum Gasteiger partial charge on any atom is 0.255 e. The van der Waals surface area contributed by atoms with Crippen molar-refractivity contribution in [3.63, 3.8) is 0 Å². The van der Waals surface area contributed by atoms with E-state index >= 15 is 0 Å². The first-order valence-electron chi connectivity index (χ1n) is 11.5. The lowest BCUT2D eigenvalue weighted by Gasteiger charge is -2.44. The van der Waals surface area contributed by atoms with E-state index in [-0.39, 0.29) is 11.8 Å². The number of fused-ring (bicyclic) bond motifs is 1. The number of ether oxygens (including phenoxy) is 2. The number of methoxy groups -OCH3 is 1. The summed E-state index contributed by atoms with van der Waals surface area (Å²) in [5, 5.41) is 3.05. The zero-order valence-electron chi connectivity index (χ0n) is 19.8. The summed E-state index contributed by atoms with van der Waals surface area (Å²) in [5.74, 6) is 1.09. The molecule has 4 rings (SSSR count). The minimum Gasteiger partial charge on any atom is -0.496 e. The van der Waals surface area contributed by atoms with Crippen molar-refractivity contribution in [2.75, 3.05) is 13.7 Å². The first kappa shape index (κ1) is 23.4. The number of hydrogen-bond acceptors (Lipinski definition) is 4. The van der Waals surface area contributed by atoms with E-state index in [0.29, 0.717) is 37.4 Å². The fourth-order valence-electron chi connectivity index (χ4n) is 4.47. The quantitative estimate of drug-likeness (QED) is 0.544. The molecular formula is C28H30N2O4. The standard InChI is InChI=1S/C28H30N2O4/c1-4-34-23-13-9-10-20(16-23)19-30-26(31)24-14-7-5-11-21(24)17-28(30,2)27(32)29-18-22-12-6-8-15-25(22)33-3/h5-16H,4,17-19H2,1-3H3,(H,29,32). The molecule has 0 saturated carbocycles. The fraction of sp³-hybridized carbons (Fsp3) is 0.286. The van der Waals surface area contributed by atoms with Crippen LogP contribution < -0.4 is 14.8 Å². The predicted molar refractivity (Wildman–Crippen MR) is 131 cm³/mol. The minimum absolute atomic E-state index is 0.154. The molecular weight excluding hydrogens is 428 g/mol. The third-order valence-electron chi connectivity index (χ3n) is 6.29. The monoisotopic (exact) mass is 458 g/mol. The van der Waals surface area contributed by atoms with Crippen molar-refractivity contribution < 1.29 is 19.1 Å². The highest BCUT2D eigenvalue weighted by atomic mass is 16.5. The molecule has 6 heteroatoms. The van der Waals surface area contributed by atoms with Gasteiger partial charge in [0.25, 0.3) is 5.91 Å². The first-order valence-corrected chi connectivity index (χ1v) is 11.5. The van der Waals surface area contributed by atoms with E-state index in [1.165, 1.54) is 0 Å². The molecule has 1 atom stereocenters. The summed E-state index contributed by atoms with van der Waals surface area (Å²) < 4.78 is 11.0. The molecule has 1 aliphatic rings. The largest absolute Gasteiger partial charge is 0.496 e. The number of carbonyl (C=O) groups excluding carboxylic acids is 2. The first-order chi connectivity index (χ1) is 16.5. The molecule has 0 fully saturated rings. The summed E-state index contributed by atoms with van der Waals surface area (Å²) in [4.78, 5) is 28.9. The number of benzene rings is 3. The molecule has 3 aromatic carbocycles. The van der Waals surface area contributed by atoms with Gasteiger partial charge in [-0.3, -0.25) is 9.59 Å². The normalized spacial score (nSPS) is 17.1. The molecule has 0 saturated heterocycles. The average molecular weight is 459 g/mol. The van der Waals surface area contributed by atoms with Crippen LogP contribution >= 0.6 is 0 Å². The second-order valence-corrected chi connectivity index (χ2v) is 8.57. The van der Waals surface area contributed by atoms with Crippen molar-refractivity contribution in [1.82, 2.24) is 10.2 Å². The van der Waals surface area contributed by atoms with Gasteiger partial charge in [0.15, 0.2) is 0 Å². The number of carbonyl (C=O) groups is 2. The Labute approximate surface area is 200 Å². The van der Waals surface area contributed by atoms with Crippen molar-refractivity contribution in [3.8, 4) is 11.5 Å². The lowest BCUT2D eigenvalue weighted by atomic mass is 9.82. The summed E-state index contributed by atoms with van der Waals surface area (Å²) in [7, 11) is 1.61. The van der Waals surface area contributed by atoms with Crippen LogP contribution in [-0.4, -0.2) is 36.0 Å². The topological polar surface area (TPSA) is 67.9 Å². The van der Waals surface area contributed by atoms with Gasteiger partial charge in [0.1, 0.15) is 17.0 Å². The summed E-state index contributed by atoms with van der Waals surface area (Å²) in [6.07, 6.45) is 0.428. The summed E-state index contributed by atoms with van der Waals surface area (Å²) >= 11 is 0. The lowest BCUT2D eigenvalue weighted by molar-refractivity contribution is -0.132. The van der Waals surface area contributed by atoms with Crippen molar-refractivity contribution in [2.24, 2.45) is 0 Å². The Bertz CT molecular complexity index is 1190. The third-order valence-corrected chi connectivity index (χ3v) is 6.29. The Morgan fingerprint density at radius 3 is 2.62 bits per heavy atom. The van der Waals surface area contributed by atoms with E-state index in [2.05, 4.69) is 5.32 Å². The van der Waals surface area contributed by atoms with Crippen LogP contribution in [-0.2, 0) is 24.3 Å². The third kappa shape index (κ3) is 4.62. The van der Waals surface area contributed by atoms with Crippen LogP contribution in [0.25, 0.3) is 0 Å². The van der Waals surface area contributed by atoms with E-state index in [1.807, 2.05) is 86.6 Å². The summed E-state index contributed by atoms with van der Waals surface area (Å²) in [6.45, 7) is 4.93. The zero-order valence-corrected chi connectivity index (χ0v) is 19.8. The fourth-order valence-corrected chi connectivity index (χ4v) is 4.47. The van der Waals surface area contributed by atoms with Gasteiger partial charge in [0.2, 0.25) is 5.91 Å². The van der Waals surface area contributed by atoms with E-state index < -0.39 is 5.54 Å². The van der Waals surface area contributed by atoms with Gasteiger partial charge in [-0.15, -0.1) is 0 Å². The van der Waals surface area contributed by atoms with Crippen LogP contribution in [0.2, 0.25) is 0 Å². The minimum atomic E-state index is -1.06. The van der Waals surface area contributed by atoms with Gasteiger partial charge in [-0.2, -0.15) is 0 Å². The van der Waals surface area contributed by atoms with Crippen molar-refractivity contribution in [3.05, 3.63) is 95.1 Å². The molecule has 0 spiro atoms. The van der Waals surface area contributed by atoms with E-state index in [9.17, 15) is 9.59 Å². The van der Waals surface area contributed by atoms with Crippen molar-refractivity contribution >= 4 is 11.8 Å². The predicted octanol–water partition coefficient (Wildman–Crippen LogP) is 4.37. The van der Waals surface area contributed by atoms with Gasteiger partial charge in [-0.05, 0) is 49.2 Å². The average Bonchev–Trinajstić information content (AvgIpc) is 2.85. The highest BCUT2D eigenvalue weighted by Crippen LogP contribution is 2.33. The number of rotatable bonds is 8. The lowest BCUT2D eigenvalue weighted by Crippen LogP contribution is -2.62. The van der Waals surface area contributed by atoms with E-state index in [0.717, 1.165) is 22.4 Å². The molecule has 6 nitrogen and oxygen atoms in total. The number of hydrogen-bond donors (Lipinski definition) is 1. The Hall–Kier alpha value is -3.80. The second-order valence-electron chi connectivity index (χ2n) is 8.57. The molecule has 34 heavy (non-hydrogen) atoms. The molecule has 0 bridgehead atoms. The Morgan fingerprint density at radius 1 is 1.06 bits per heavy atom. The molecule has 0 aliphatic carbocycles. The summed E-state index contributed by atoms with van der Waals surface area (Å²) in [6, 6.07) is 22.7. The van der Waals surface area contributed by atoms with Crippen LogP contribution in [0, 0.1) is 0 Å². The highest BCUT2D eigenvalue weighted by Gasteiger charge is 2.46. The summed E-state index contributed by atoms with van der Waals surface area (Å²) in [5.41, 5.74) is 2.23. The van der Waals surface area contributed by atoms with Crippen LogP contribution in [0.4, 0.5) is 0 Å². The molecule has 1 aliphatic heterocycles. The van der Waals surface area contributed by atoms with Gasteiger partial charge >= 0.3 is 0 Å². The smallest absolute Gasteiger partial charge is 0.255 e. The SMILES string of the molecule is CCOc1cccc(CN2C(=O)c3ccccc3CC2(C)C(=O)NCc2ccccc2OC)c1. The number of para-hydroxylation sites is 1. The second kappa shape index (κ2) is 10.00. The van der Waals surface area contributed by atoms with Crippen LogP contribution in [0.3, 0.4) is 0 Å². The van der Waals surface area contributed by atoms with Crippen LogP contribution in [0.5, 0.6) is 11.5 Å². The highest BCUT2D eigenvalue weighted by molar-refractivity contribution is 6.02. The van der Waals surface area contributed by atoms with Gasteiger partial charge < -0.3 is 19.7 Å². The Balaban J connectivity index is 1.64. The molecule has 176 valence electrons. The van der Waals surface area contributed by atoms with Gasteiger partial charge in [0.05, 0.1) is 13.7 Å². The molecule has 0 aromatic heterocycles. The number of nitrogens with zero attached hydrogens (tertiary/aromatic N) is 1. The molecule has 0 radical (unpaired) electrons. The number of amides is 2. The van der Waals surface area contributed by atoms with Gasteiger partial charge in [-0.1, -0.05) is 48.5 Å². The van der Waals surface area contributed by atoms with E-state index in [1.54, 1.807) is 12.0 Å². The molecule has 2 amide bonds. The molecule has 1 N–H and O–H groups in total. The van der Waals surface area contributed by atoms with E-state index in [4.69, 9.17) is 9.47 Å². The molecule has 3 aromatic rings. The van der Waals surface area contributed by atoms with Crippen LogP contribution in [0.15, 0.2) is 72.8 Å².